The van der Waals surface area contributed by atoms with Crippen LogP contribution >= 0.6 is 11.8 Å². The van der Waals surface area contributed by atoms with Crippen LogP contribution in [0.5, 0.6) is 5.75 Å². The van der Waals surface area contributed by atoms with Gasteiger partial charge in [0.1, 0.15) is 12.4 Å². The third-order valence-electron chi connectivity index (χ3n) is 1.77. The maximum absolute atomic E-state index is 8.92. The van der Waals surface area contributed by atoms with Gasteiger partial charge < -0.3 is 9.84 Å². The lowest BCUT2D eigenvalue weighted by Gasteiger charge is -2.22. The first kappa shape index (κ1) is 7.95. The molecule has 0 saturated carbocycles. The van der Waals surface area contributed by atoms with Crippen molar-refractivity contribution in [2.45, 2.75) is 10.1 Å². The fourth-order valence-electron chi connectivity index (χ4n) is 1.15. The molecule has 1 unspecified atom stereocenters. The summed E-state index contributed by atoms with van der Waals surface area (Å²) in [4.78, 5) is 1.13. The first-order chi connectivity index (χ1) is 5.90. The van der Waals surface area contributed by atoms with E-state index in [9.17, 15) is 0 Å². The lowest BCUT2D eigenvalue weighted by Crippen LogP contribution is -2.22. The Hall–Kier alpha value is -0.670. The van der Waals surface area contributed by atoms with Crippen LogP contribution < -0.4 is 4.74 Å². The van der Waals surface area contributed by atoms with Crippen molar-refractivity contribution in [3.8, 4) is 5.75 Å². The molecule has 3 heteroatoms. The van der Waals surface area contributed by atoms with Gasteiger partial charge in [0.15, 0.2) is 0 Å². The summed E-state index contributed by atoms with van der Waals surface area (Å²) in [6.45, 7) is 0.789. The van der Waals surface area contributed by atoms with Crippen LogP contribution in [0.1, 0.15) is 0 Å². The molecule has 0 saturated heterocycles. The average Bonchev–Trinajstić information content (AvgIpc) is 2.17. The molecular weight excluding hydrogens is 172 g/mol. The second-order valence-electron chi connectivity index (χ2n) is 2.68. The van der Waals surface area contributed by atoms with Crippen molar-refractivity contribution in [1.29, 1.82) is 0 Å². The van der Waals surface area contributed by atoms with Gasteiger partial charge in [-0.1, -0.05) is 12.1 Å². The number of para-hydroxylation sites is 1. The fraction of sp³-hybridized carbons (Fsp3) is 0.333. The van der Waals surface area contributed by atoms with Crippen LogP contribution in [0.2, 0.25) is 0 Å². The van der Waals surface area contributed by atoms with Gasteiger partial charge in [0, 0.05) is 4.90 Å². The first-order valence-corrected chi connectivity index (χ1v) is 4.77. The Morgan fingerprint density at radius 3 is 3.17 bits per heavy atom. The largest absolute Gasteiger partial charge is 0.491 e. The monoisotopic (exact) mass is 182 g/mol. The number of fused-ring (bicyclic) bond motifs is 1. The Morgan fingerprint density at radius 2 is 2.33 bits per heavy atom. The fourth-order valence-corrected chi connectivity index (χ4v) is 2.12. The smallest absolute Gasteiger partial charge is 0.132 e. The molecule has 1 aromatic rings. The minimum absolute atomic E-state index is 0.180. The minimum Gasteiger partial charge on any atom is -0.491 e. The number of aliphatic hydroxyl groups excluding tert-OH is 1. The van der Waals surface area contributed by atoms with Crippen LogP contribution in [0.4, 0.5) is 0 Å². The Kier molecular flexibility index (Phi) is 2.23. The van der Waals surface area contributed by atoms with E-state index in [0.717, 1.165) is 10.6 Å². The van der Waals surface area contributed by atoms with Gasteiger partial charge in [-0.15, -0.1) is 11.8 Å². The van der Waals surface area contributed by atoms with Gasteiger partial charge in [0.25, 0.3) is 0 Å². The Labute approximate surface area is 75.6 Å². The summed E-state index contributed by atoms with van der Waals surface area (Å²) in [6.07, 6.45) is 0. The number of hydrogen-bond acceptors (Lipinski definition) is 3. The lowest BCUT2D eigenvalue weighted by atomic mass is 10.3. The second-order valence-corrected chi connectivity index (χ2v) is 4.02. The van der Waals surface area contributed by atoms with Gasteiger partial charge in [-0.25, -0.2) is 0 Å². The van der Waals surface area contributed by atoms with Crippen molar-refractivity contribution in [3.63, 3.8) is 0 Å². The predicted octanol–water partition coefficient (Wildman–Crippen LogP) is 1.53. The van der Waals surface area contributed by atoms with Gasteiger partial charge in [-0.2, -0.15) is 0 Å². The zero-order valence-corrected chi connectivity index (χ0v) is 7.38. The molecule has 1 heterocycles. The molecule has 2 nitrogen and oxygen atoms in total. The molecule has 0 radical (unpaired) electrons. The van der Waals surface area contributed by atoms with Gasteiger partial charge in [0.2, 0.25) is 0 Å². The predicted molar refractivity (Wildman–Crippen MR) is 48.7 cm³/mol. The third-order valence-corrected chi connectivity index (χ3v) is 2.98. The summed E-state index contributed by atoms with van der Waals surface area (Å²) < 4.78 is 5.45. The number of ether oxygens (including phenoxy) is 1. The molecule has 0 bridgehead atoms. The van der Waals surface area contributed by atoms with Crippen molar-refractivity contribution in [2.24, 2.45) is 0 Å². The van der Waals surface area contributed by atoms with E-state index >= 15 is 0 Å². The molecule has 0 fully saturated rings. The molecule has 2 rings (SSSR count). The summed E-state index contributed by atoms with van der Waals surface area (Å²) in [7, 11) is 0. The van der Waals surface area contributed by atoms with E-state index in [1.807, 2.05) is 24.3 Å². The van der Waals surface area contributed by atoms with E-state index < -0.39 is 0 Å². The van der Waals surface area contributed by atoms with Gasteiger partial charge in [0.05, 0.1) is 11.9 Å². The van der Waals surface area contributed by atoms with E-state index in [4.69, 9.17) is 9.84 Å². The highest BCUT2D eigenvalue weighted by atomic mass is 32.2. The number of hydrogen-bond donors (Lipinski definition) is 1. The maximum atomic E-state index is 8.92. The van der Waals surface area contributed by atoms with Crippen molar-refractivity contribution in [2.75, 3.05) is 13.2 Å². The molecule has 1 atom stereocenters. The molecule has 0 aromatic heterocycles. The molecule has 0 aliphatic carbocycles. The van der Waals surface area contributed by atoms with Crippen LogP contribution in [0, 0.1) is 0 Å². The van der Waals surface area contributed by atoms with Gasteiger partial charge in [-0.05, 0) is 12.1 Å². The summed E-state index contributed by atoms with van der Waals surface area (Å²) in [5.41, 5.74) is 0. The van der Waals surface area contributed by atoms with E-state index in [2.05, 4.69) is 0 Å². The standard InChI is InChI=1S/C9H10O2S/c10-5-7-6-11-8-3-1-2-4-9(8)12-7/h1-4,7,10H,5-6H2. The Balaban J connectivity index is 2.23. The van der Waals surface area contributed by atoms with Crippen LogP contribution in [0.15, 0.2) is 29.2 Å². The summed E-state index contributed by atoms with van der Waals surface area (Å²) >= 11 is 1.68. The SMILES string of the molecule is OCC1COc2ccccc2S1. The molecule has 1 aromatic carbocycles. The zero-order valence-electron chi connectivity index (χ0n) is 6.56. The van der Waals surface area contributed by atoms with Crippen LogP contribution in [0.3, 0.4) is 0 Å². The molecule has 12 heavy (non-hydrogen) atoms. The quantitative estimate of drug-likeness (QED) is 0.714. The topological polar surface area (TPSA) is 29.5 Å². The van der Waals surface area contributed by atoms with Crippen molar-refractivity contribution < 1.29 is 9.84 Å². The molecule has 64 valence electrons. The van der Waals surface area contributed by atoms with Gasteiger partial charge in [-0.3, -0.25) is 0 Å². The van der Waals surface area contributed by atoms with E-state index in [1.54, 1.807) is 11.8 Å². The van der Waals surface area contributed by atoms with Gasteiger partial charge >= 0.3 is 0 Å². The molecule has 0 spiro atoms. The van der Waals surface area contributed by atoms with E-state index in [1.165, 1.54) is 0 Å². The second kappa shape index (κ2) is 3.37. The van der Waals surface area contributed by atoms with Crippen molar-refractivity contribution >= 4 is 11.8 Å². The highest BCUT2D eigenvalue weighted by molar-refractivity contribution is 8.00. The van der Waals surface area contributed by atoms with Crippen LogP contribution in [-0.4, -0.2) is 23.6 Å². The number of benzene rings is 1. The highest BCUT2D eigenvalue weighted by Crippen LogP contribution is 2.36. The summed E-state index contributed by atoms with van der Waals surface area (Å²) in [6, 6.07) is 7.91. The minimum atomic E-state index is 0.180. The molecule has 1 N–H and O–H groups in total. The lowest BCUT2D eigenvalue weighted by molar-refractivity contribution is 0.233. The zero-order chi connectivity index (χ0) is 8.39. The number of thioether (sulfide) groups is 1. The Morgan fingerprint density at radius 1 is 1.50 bits per heavy atom. The first-order valence-electron chi connectivity index (χ1n) is 3.89. The summed E-state index contributed by atoms with van der Waals surface area (Å²) in [5, 5.41) is 9.11. The van der Waals surface area contributed by atoms with E-state index in [-0.39, 0.29) is 11.9 Å². The molecule has 1 aliphatic rings. The Bertz CT molecular complexity index is 275. The summed E-state index contributed by atoms with van der Waals surface area (Å²) in [5.74, 6) is 0.937. The van der Waals surface area contributed by atoms with Crippen LogP contribution in [-0.2, 0) is 0 Å². The average molecular weight is 182 g/mol. The number of aliphatic hydroxyl groups is 1. The van der Waals surface area contributed by atoms with Crippen molar-refractivity contribution in [3.05, 3.63) is 24.3 Å². The van der Waals surface area contributed by atoms with Crippen LogP contribution in [0.25, 0.3) is 0 Å². The highest BCUT2D eigenvalue weighted by Gasteiger charge is 2.18. The van der Waals surface area contributed by atoms with E-state index in [0.29, 0.717) is 6.61 Å². The molecule has 0 amide bonds. The maximum Gasteiger partial charge on any atom is 0.132 e. The molecule has 1 aliphatic heterocycles. The van der Waals surface area contributed by atoms with Crippen molar-refractivity contribution in [1.82, 2.24) is 0 Å². The number of rotatable bonds is 1. The third kappa shape index (κ3) is 1.42. The normalized spacial score (nSPS) is 21.2. The molecular formula is C9H10O2S.